The van der Waals surface area contributed by atoms with Crippen LogP contribution < -0.4 is 14.7 Å². The maximum absolute atomic E-state index is 9.54. The number of rotatable bonds is 4. The summed E-state index contributed by atoms with van der Waals surface area (Å²) in [5, 5.41) is 9.54. The molecule has 2 aliphatic rings. The predicted molar refractivity (Wildman–Crippen MR) is 95.9 cm³/mol. The summed E-state index contributed by atoms with van der Waals surface area (Å²) in [6, 6.07) is 2.22. The second-order valence-electron chi connectivity index (χ2n) is 6.44. The standard InChI is InChI=1S/C17H23N7O/c25-12-14-2-1-5-24(14)16-10-15(20-13-21-16)22-6-8-23(9-7-22)17-11-18-3-4-19-17/h3-4,10-11,13-14,25H,1-2,5-9,12H2/t14-/m1/s1. The third kappa shape index (κ3) is 3.34. The molecule has 0 radical (unpaired) electrons. The molecule has 8 heteroatoms. The highest BCUT2D eigenvalue weighted by Crippen LogP contribution is 2.26. The molecule has 8 nitrogen and oxygen atoms in total. The van der Waals surface area contributed by atoms with Gasteiger partial charge in [0.05, 0.1) is 18.8 Å². The van der Waals surface area contributed by atoms with Crippen LogP contribution in [0.4, 0.5) is 17.5 Å². The van der Waals surface area contributed by atoms with E-state index in [2.05, 4.69) is 34.6 Å². The van der Waals surface area contributed by atoms with Crippen molar-refractivity contribution >= 4 is 17.5 Å². The van der Waals surface area contributed by atoms with E-state index in [0.29, 0.717) is 0 Å². The van der Waals surface area contributed by atoms with Crippen molar-refractivity contribution in [3.63, 3.8) is 0 Å². The number of aliphatic hydroxyl groups excluding tert-OH is 1. The Balaban J connectivity index is 1.44. The lowest BCUT2D eigenvalue weighted by Gasteiger charge is -2.36. The Labute approximate surface area is 147 Å². The second-order valence-corrected chi connectivity index (χ2v) is 6.44. The van der Waals surface area contributed by atoms with Crippen molar-refractivity contribution in [1.29, 1.82) is 0 Å². The van der Waals surface area contributed by atoms with Gasteiger partial charge in [0.2, 0.25) is 0 Å². The van der Waals surface area contributed by atoms with E-state index in [9.17, 15) is 5.11 Å². The van der Waals surface area contributed by atoms with Gasteiger partial charge >= 0.3 is 0 Å². The molecule has 2 saturated heterocycles. The van der Waals surface area contributed by atoms with Crippen LogP contribution in [0.2, 0.25) is 0 Å². The van der Waals surface area contributed by atoms with E-state index in [1.54, 1.807) is 24.9 Å². The summed E-state index contributed by atoms with van der Waals surface area (Å²) in [6.07, 6.45) is 8.98. The lowest BCUT2D eigenvalue weighted by Crippen LogP contribution is -2.47. The fraction of sp³-hybridized carbons (Fsp3) is 0.529. The molecule has 132 valence electrons. The Morgan fingerprint density at radius 3 is 2.40 bits per heavy atom. The highest BCUT2D eigenvalue weighted by Gasteiger charge is 2.26. The Kier molecular flexibility index (Phi) is 4.60. The number of hydrogen-bond donors (Lipinski definition) is 1. The quantitative estimate of drug-likeness (QED) is 0.864. The number of nitrogens with zero attached hydrogens (tertiary/aromatic N) is 7. The van der Waals surface area contributed by atoms with Crippen molar-refractivity contribution in [2.24, 2.45) is 0 Å². The molecule has 2 aliphatic heterocycles. The lowest BCUT2D eigenvalue weighted by atomic mass is 10.2. The average molecular weight is 341 g/mol. The molecule has 0 amide bonds. The van der Waals surface area contributed by atoms with Gasteiger partial charge in [-0.25, -0.2) is 15.0 Å². The van der Waals surface area contributed by atoms with Gasteiger partial charge in [0.15, 0.2) is 0 Å². The first kappa shape index (κ1) is 16.0. The topological polar surface area (TPSA) is 81.5 Å². The lowest BCUT2D eigenvalue weighted by molar-refractivity contribution is 0.266. The van der Waals surface area contributed by atoms with Crippen LogP contribution in [0.3, 0.4) is 0 Å². The predicted octanol–water partition coefficient (Wildman–Crippen LogP) is 0.554. The Morgan fingerprint density at radius 1 is 0.920 bits per heavy atom. The van der Waals surface area contributed by atoms with E-state index in [1.807, 2.05) is 6.07 Å². The Bertz CT molecular complexity index is 690. The summed E-state index contributed by atoms with van der Waals surface area (Å²) in [4.78, 5) is 24.1. The van der Waals surface area contributed by atoms with Gasteiger partial charge in [-0.05, 0) is 12.8 Å². The third-order valence-corrected chi connectivity index (χ3v) is 5.00. The molecule has 4 rings (SSSR count). The molecule has 0 spiro atoms. The maximum Gasteiger partial charge on any atom is 0.147 e. The monoisotopic (exact) mass is 341 g/mol. The summed E-state index contributed by atoms with van der Waals surface area (Å²) in [5.41, 5.74) is 0. The van der Waals surface area contributed by atoms with Gasteiger partial charge in [0.1, 0.15) is 23.8 Å². The Morgan fingerprint density at radius 2 is 1.68 bits per heavy atom. The van der Waals surface area contributed by atoms with Crippen molar-refractivity contribution in [1.82, 2.24) is 19.9 Å². The van der Waals surface area contributed by atoms with Gasteiger partial charge in [-0.1, -0.05) is 0 Å². The second kappa shape index (κ2) is 7.18. The van der Waals surface area contributed by atoms with Gasteiger partial charge in [-0.15, -0.1) is 0 Å². The maximum atomic E-state index is 9.54. The molecule has 2 aromatic heterocycles. The minimum Gasteiger partial charge on any atom is -0.394 e. The molecule has 25 heavy (non-hydrogen) atoms. The molecule has 4 heterocycles. The zero-order valence-electron chi connectivity index (χ0n) is 14.2. The smallest absolute Gasteiger partial charge is 0.147 e. The molecule has 0 saturated carbocycles. The minimum absolute atomic E-state index is 0.177. The molecule has 0 unspecified atom stereocenters. The number of piperazine rings is 1. The highest BCUT2D eigenvalue weighted by molar-refractivity contribution is 5.52. The molecule has 0 aliphatic carbocycles. The highest BCUT2D eigenvalue weighted by atomic mass is 16.3. The van der Waals surface area contributed by atoms with Crippen molar-refractivity contribution in [3.05, 3.63) is 31.0 Å². The van der Waals surface area contributed by atoms with Gasteiger partial charge in [-0.3, -0.25) is 4.98 Å². The van der Waals surface area contributed by atoms with Crippen molar-refractivity contribution in [2.75, 3.05) is 54.0 Å². The fourth-order valence-electron chi connectivity index (χ4n) is 3.61. The van der Waals surface area contributed by atoms with E-state index in [4.69, 9.17) is 0 Å². The molecule has 1 N–H and O–H groups in total. The molecule has 0 aromatic carbocycles. The van der Waals surface area contributed by atoms with Crippen molar-refractivity contribution < 1.29 is 5.11 Å². The molecular formula is C17H23N7O. The summed E-state index contributed by atoms with van der Waals surface area (Å²) >= 11 is 0. The largest absolute Gasteiger partial charge is 0.394 e. The number of aliphatic hydroxyl groups is 1. The SMILES string of the molecule is OC[C@H]1CCCN1c1cc(N2CCN(c3cnccn3)CC2)ncn1. The summed E-state index contributed by atoms with van der Waals surface area (Å²) in [6.45, 7) is 4.67. The van der Waals surface area contributed by atoms with Gasteiger partial charge in [-0.2, -0.15) is 0 Å². The third-order valence-electron chi connectivity index (χ3n) is 5.00. The summed E-state index contributed by atoms with van der Waals surface area (Å²) < 4.78 is 0. The van der Waals surface area contributed by atoms with E-state index in [0.717, 1.165) is 63.0 Å². The van der Waals surface area contributed by atoms with Crippen LogP contribution in [0.15, 0.2) is 31.0 Å². The van der Waals surface area contributed by atoms with Crippen LogP contribution in [0.25, 0.3) is 0 Å². The van der Waals surface area contributed by atoms with Crippen LogP contribution in [0.5, 0.6) is 0 Å². The molecule has 2 fully saturated rings. The van der Waals surface area contributed by atoms with E-state index < -0.39 is 0 Å². The van der Waals surface area contributed by atoms with Crippen LogP contribution in [0.1, 0.15) is 12.8 Å². The van der Waals surface area contributed by atoms with E-state index in [-0.39, 0.29) is 12.6 Å². The zero-order valence-corrected chi connectivity index (χ0v) is 14.2. The summed E-state index contributed by atoms with van der Waals surface area (Å²) in [5.74, 6) is 2.79. The van der Waals surface area contributed by atoms with Crippen LogP contribution in [-0.2, 0) is 0 Å². The first-order chi connectivity index (χ1) is 12.3. The number of anilines is 3. The first-order valence-corrected chi connectivity index (χ1v) is 8.80. The van der Waals surface area contributed by atoms with E-state index >= 15 is 0 Å². The average Bonchev–Trinajstić information content (AvgIpc) is 3.18. The van der Waals surface area contributed by atoms with Crippen LogP contribution >= 0.6 is 0 Å². The number of hydrogen-bond acceptors (Lipinski definition) is 8. The molecule has 1 atom stereocenters. The summed E-state index contributed by atoms with van der Waals surface area (Å²) in [7, 11) is 0. The zero-order chi connectivity index (χ0) is 17.1. The normalized spacial score (nSPS) is 21.0. The fourth-order valence-corrected chi connectivity index (χ4v) is 3.61. The van der Waals surface area contributed by atoms with Gasteiger partial charge in [0.25, 0.3) is 0 Å². The minimum atomic E-state index is 0.177. The van der Waals surface area contributed by atoms with Crippen LogP contribution in [-0.4, -0.2) is 70.4 Å². The van der Waals surface area contributed by atoms with E-state index in [1.165, 1.54) is 0 Å². The number of aromatic nitrogens is 4. The first-order valence-electron chi connectivity index (χ1n) is 8.80. The van der Waals surface area contributed by atoms with Gasteiger partial charge in [0, 0.05) is 51.2 Å². The van der Waals surface area contributed by atoms with Crippen LogP contribution in [0, 0.1) is 0 Å². The van der Waals surface area contributed by atoms with Gasteiger partial charge < -0.3 is 19.8 Å². The van der Waals surface area contributed by atoms with Crippen molar-refractivity contribution in [2.45, 2.75) is 18.9 Å². The molecular weight excluding hydrogens is 318 g/mol. The molecule has 2 aromatic rings. The Hall–Kier alpha value is -2.48. The van der Waals surface area contributed by atoms with Crippen molar-refractivity contribution in [3.8, 4) is 0 Å². The molecule has 0 bridgehead atoms.